The van der Waals surface area contributed by atoms with Gasteiger partial charge in [0.05, 0.1) is 0 Å². The summed E-state index contributed by atoms with van der Waals surface area (Å²) in [7, 11) is 0. The minimum Gasteiger partial charge on any atom is -0.160 e. The fraction of sp³-hybridized carbons (Fsp3) is 0.210. The molecule has 1 heteroatoms. The SMILES string of the molecule is C/C=C(\C=C/CC)c1cc(-c2ccccc2)cc(-c2ccc(CCC)cc2)c1.CC1=CCCC=C1.Cc1ccc2c(c1)C(C)(C)c1cc(-[n+]3ccccc3-c3ccccc3)ccc1-2. The lowest BCUT2D eigenvalue weighted by atomic mass is 9.82. The normalized spacial score (nSPS) is 13.6. The Labute approximate surface area is 378 Å². The Kier molecular flexibility index (Phi) is 14.8. The average molecular weight is 823 g/mol. The smallest absolute Gasteiger partial charge is 0.160 e. The van der Waals surface area contributed by atoms with E-state index in [1.54, 1.807) is 0 Å². The number of pyridine rings is 1. The first-order chi connectivity index (χ1) is 30.7. The van der Waals surface area contributed by atoms with Crippen LogP contribution in [-0.2, 0) is 11.8 Å². The van der Waals surface area contributed by atoms with E-state index in [9.17, 15) is 0 Å². The summed E-state index contributed by atoms with van der Waals surface area (Å²) in [6, 6.07) is 57.4. The molecule has 0 amide bonds. The van der Waals surface area contributed by atoms with Gasteiger partial charge in [-0.25, -0.2) is 0 Å². The number of hydrogen-bond donors (Lipinski definition) is 0. The fourth-order valence-corrected chi connectivity index (χ4v) is 8.76. The van der Waals surface area contributed by atoms with Gasteiger partial charge in [-0.1, -0.05) is 173 Å². The molecule has 1 aromatic heterocycles. The second-order valence-corrected chi connectivity index (χ2v) is 17.3. The maximum absolute atomic E-state index is 2.37. The molecule has 1 nitrogen and oxygen atoms in total. The van der Waals surface area contributed by atoms with Crippen molar-refractivity contribution in [2.24, 2.45) is 0 Å². The number of fused-ring (bicyclic) bond motifs is 3. The van der Waals surface area contributed by atoms with Gasteiger partial charge in [0.1, 0.15) is 0 Å². The van der Waals surface area contributed by atoms with E-state index in [0.717, 1.165) is 12.8 Å². The van der Waals surface area contributed by atoms with Crippen molar-refractivity contribution in [3.63, 3.8) is 0 Å². The summed E-state index contributed by atoms with van der Waals surface area (Å²) in [5, 5.41) is 0. The Hall–Kier alpha value is -6.57. The van der Waals surface area contributed by atoms with Gasteiger partial charge in [0, 0.05) is 35.2 Å². The number of rotatable bonds is 9. The molecular formula is C62H64N+. The molecule has 0 saturated heterocycles. The zero-order valence-corrected chi connectivity index (χ0v) is 38.5. The van der Waals surface area contributed by atoms with Crippen LogP contribution in [0.5, 0.6) is 0 Å². The predicted molar refractivity (Wildman–Crippen MR) is 272 cm³/mol. The molecule has 1 heterocycles. The molecule has 6 aromatic carbocycles. The lowest BCUT2D eigenvalue weighted by molar-refractivity contribution is -0.584. The number of aryl methyl sites for hydroxylation is 2. The van der Waals surface area contributed by atoms with Crippen LogP contribution in [0.2, 0.25) is 0 Å². The van der Waals surface area contributed by atoms with Gasteiger partial charge in [-0.15, -0.1) is 0 Å². The first-order valence-corrected chi connectivity index (χ1v) is 23.0. The standard InChI is InChI=1S/C28H30.C27H24N.C7H10/c1-4-7-12-23(6-3)26-19-27(24-13-9-8-10-14-24)21-28(20-26)25-17-15-22(11-5-2)16-18-25;1-19-12-14-22-23-15-13-21(18-25(23)27(2,3)24(22)17-19)28-16-8-7-11-26(28)20-9-5-4-6-10-20;1-7-5-3-2-4-6-7/h6-10,12-21H,4-5,11H2,1-3H3;4-18H,1-3H3;3,5-6H,2,4H2,1H3/q;+1;/b12-7-,23-6+;;. The molecule has 0 aliphatic heterocycles. The molecule has 63 heavy (non-hydrogen) atoms. The molecule has 0 N–H and O–H groups in total. The molecule has 9 rings (SSSR count). The summed E-state index contributed by atoms with van der Waals surface area (Å²) in [5.41, 5.74) is 20.9. The van der Waals surface area contributed by atoms with E-state index in [1.165, 1.54) is 109 Å². The quantitative estimate of drug-likeness (QED) is 0.101. The molecule has 0 bridgehead atoms. The maximum Gasteiger partial charge on any atom is 0.218 e. The van der Waals surface area contributed by atoms with Crippen LogP contribution in [0.1, 0.15) is 95.0 Å². The van der Waals surface area contributed by atoms with Gasteiger partial charge in [-0.05, 0) is 150 Å². The van der Waals surface area contributed by atoms with Crippen molar-refractivity contribution >= 4 is 5.57 Å². The van der Waals surface area contributed by atoms with E-state index in [2.05, 4.69) is 253 Å². The molecular weight excluding hydrogens is 759 g/mol. The van der Waals surface area contributed by atoms with Gasteiger partial charge in [0.2, 0.25) is 11.4 Å². The first kappa shape index (κ1) is 44.5. The summed E-state index contributed by atoms with van der Waals surface area (Å²) in [4.78, 5) is 0. The molecule has 0 unspecified atom stereocenters. The van der Waals surface area contributed by atoms with Gasteiger partial charge in [0.15, 0.2) is 6.20 Å². The Morgan fingerprint density at radius 3 is 1.86 bits per heavy atom. The number of nitrogens with zero attached hydrogens (tertiary/aromatic N) is 1. The lowest BCUT2D eigenvalue weighted by Gasteiger charge is -2.21. The first-order valence-electron chi connectivity index (χ1n) is 23.0. The van der Waals surface area contributed by atoms with Crippen LogP contribution in [0.25, 0.3) is 55.9 Å². The van der Waals surface area contributed by atoms with Gasteiger partial charge in [-0.2, -0.15) is 4.57 Å². The number of benzene rings is 6. The average Bonchev–Trinajstić information content (AvgIpc) is 3.55. The third-order valence-electron chi connectivity index (χ3n) is 12.2. The van der Waals surface area contributed by atoms with Crippen molar-refractivity contribution in [3.05, 3.63) is 234 Å². The maximum atomic E-state index is 2.37. The summed E-state index contributed by atoms with van der Waals surface area (Å²) < 4.78 is 2.29. The van der Waals surface area contributed by atoms with E-state index in [-0.39, 0.29) is 5.41 Å². The topological polar surface area (TPSA) is 3.88 Å². The Balaban J connectivity index is 0.000000164. The highest BCUT2D eigenvalue weighted by Gasteiger charge is 2.36. The lowest BCUT2D eigenvalue weighted by Crippen LogP contribution is -2.33. The van der Waals surface area contributed by atoms with Gasteiger partial charge in [-0.3, -0.25) is 0 Å². The van der Waals surface area contributed by atoms with Gasteiger partial charge < -0.3 is 0 Å². The summed E-state index contributed by atoms with van der Waals surface area (Å²) >= 11 is 0. The van der Waals surface area contributed by atoms with Crippen molar-refractivity contribution in [1.29, 1.82) is 0 Å². The van der Waals surface area contributed by atoms with Gasteiger partial charge in [0.25, 0.3) is 0 Å². The molecule has 0 fully saturated rings. The Bertz CT molecular complexity index is 2740. The zero-order chi connectivity index (χ0) is 44.2. The third-order valence-corrected chi connectivity index (χ3v) is 12.2. The monoisotopic (exact) mass is 823 g/mol. The number of hydrogen-bond acceptors (Lipinski definition) is 0. The minimum atomic E-state index is 0.00888. The van der Waals surface area contributed by atoms with Crippen molar-refractivity contribution < 1.29 is 4.57 Å². The fourth-order valence-electron chi connectivity index (χ4n) is 8.76. The highest BCUT2D eigenvalue weighted by atomic mass is 15.0. The second kappa shape index (κ2) is 21.0. The minimum absolute atomic E-state index is 0.00888. The highest BCUT2D eigenvalue weighted by Crippen LogP contribution is 2.49. The van der Waals surface area contributed by atoms with Crippen LogP contribution in [-0.4, -0.2) is 0 Å². The van der Waals surface area contributed by atoms with Crippen molar-refractivity contribution in [2.45, 2.75) is 86.0 Å². The van der Waals surface area contributed by atoms with E-state index < -0.39 is 0 Å². The molecule has 0 atom stereocenters. The van der Waals surface area contributed by atoms with Gasteiger partial charge >= 0.3 is 0 Å². The van der Waals surface area contributed by atoms with E-state index in [0.29, 0.717) is 0 Å². The summed E-state index contributed by atoms with van der Waals surface area (Å²) in [5.74, 6) is 0. The summed E-state index contributed by atoms with van der Waals surface area (Å²) in [6.45, 7) is 15.5. The molecule has 0 saturated carbocycles. The molecule has 316 valence electrons. The highest BCUT2D eigenvalue weighted by molar-refractivity contribution is 5.84. The summed E-state index contributed by atoms with van der Waals surface area (Å²) in [6.07, 6.45) is 21.3. The van der Waals surface area contributed by atoms with Crippen molar-refractivity contribution in [3.8, 4) is 50.3 Å². The molecule has 2 aliphatic carbocycles. The van der Waals surface area contributed by atoms with Crippen molar-refractivity contribution in [2.75, 3.05) is 0 Å². The van der Waals surface area contributed by atoms with Crippen LogP contribution in [0.3, 0.4) is 0 Å². The zero-order valence-electron chi connectivity index (χ0n) is 38.5. The van der Waals surface area contributed by atoms with E-state index >= 15 is 0 Å². The van der Waals surface area contributed by atoms with Crippen LogP contribution in [0, 0.1) is 6.92 Å². The molecule has 2 aliphatic rings. The third kappa shape index (κ3) is 10.7. The molecule has 0 spiro atoms. The second-order valence-electron chi connectivity index (χ2n) is 17.3. The van der Waals surface area contributed by atoms with Crippen LogP contribution in [0.4, 0.5) is 0 Å². The van der Waals surface area contributed by atoms with E-state index in [1.807, 2.05) is 0 Å². The number of allylic oxidation sites excluding steroid dienone is 8. The Morgan fingerprint density at radius 2 is 1.25 bits per heavy atom. The molecule has 0 radical (unpaired) electrons. The Morgan fingerprint density at radius 1 is 0.619 bits per heavy atom. The van der Waals surface area contributed by atoms with E-state index in [4.69, 9.17) is 0 Å². The van der Waals surface area contributed by atoms with Crippen LogP contribution >= 0.6 is 0 Å². The molecule has 7 aromatic rings. The van der Waals surface area contributed by atoms with Crippen molar-refractivity contribution in [1.82, 2.24) is 0 Å². The predicted octanol–water partition coefficient (Wildman–Crippen LogP) is 16.9. The van der Waals surface area contributed by atoms with Crippen LogP contribution in [0.15, 0.2) is 206 Å². The largest absolute Gasteiger partial charge is 0.218 e. The number of aromatic nitrogens is 1. The van der Waals surface area contributed by atoms with Crippen LogP contribution < -0.4 is 4.57 Å².